The van der Waals surface area contributed by atoms with Crippen molar-refractivity contribution in [3.8, 4) is 0 Å². The third kappa shape index (κ3) is 2.41. The van der Waals surface area contributed by atoms with Gasteiger partial charge in [0.15, 0.2) is 0 Å². The van der Waals surface area contributed by atoms with Crippen LogP contribution in [0.5, 0.6) is 0 Å². The number of carbonyl (C=O) groups excluding carboxylic acids is 1. The van der Waals surface area contributed by atoms with E-state index in [1.807, 2.05) is 0 Å². The van der Waals surface area contributed by atoms with Crippen molar-refractivity contribution < 1.29 is 9.53 Å². The zero-order valence-electron chi connectivity index (χ0n) is 5.28. The number of hydrogen-bond donors (Lipinski definition) is 0. The van der Waals surface area contributed by atoms with Crippen LogP contribution in [0.4, 0.5) is 0 Å². The predicted octanol–water partition coefficient (Wildman–Crippen LogP) is 1.74. The third-order valence-corrected chi connectivity index (χ3v) is 1.77. The van der Waals surface area contributed by atoms with Crippen LogP contribution in [0.3, 0.4) is 0 Å². The van der Waals surface area contributed by atoms with Crippen molar-refractivity contribution in [3.05, 3.63) is 0 Å². The fourth-order valence-electron chi connectivity index (χ4n) is 0.294. The fourth-order valence-corrected chi connectivity index (χ4v) is 0.448. The smallest absolute Gasteiger partial charge is 0.342 e. The van der Waals surface area contributed by atoms with E-state index >= 15 is 0 Å². The van der Waals surface area contributed by atoms with E-state index in [2.05, 4.69) is 4.74 Å². The number of rotatable bonds is 2. The second-order valence-corrected chi connectivity index (χ2v) is 3.03. The van der Waals surface area contributed by atoms with Crippen LogP contribution >= 0.6 is 23.2 Å². The molecule has 0 atom stereocenters. The molecule has 0 rings (SSSR count). The van der Waals surface area contributed by atoms with Crippen LogP contribution in [-0.2, 0) is 9.53 Å². The largest absolute Gasteiger partial charge is 0.467 e. The fraction of sp³-hybridized carbons (Fsp3) is 0.800. The quantitative estimate of drug-likeness (QED) is 0.467. The molecule has 0 N–H and O–H groups in total. The minimum Gasteiger partial charge on any atom is -0.467 e. The third-order valence-electron chi connectivity index (χ3n) is 0.928. The lowest BCUT2D eigenvalue weighted by Gasteiger charge is -2.12. The lowest BCUT2D eigenvalue weighted by atomic mass is 10.3. The van der Waals surface area contributed by atoms with Crippen LogP contribution in [0.15, 0.2) is 0 Å². The van der Waals surface area contributed by atoms with Crippen molar-refractivity contribution in [2.75, 3.05) is 7.11 Å². The van der Waals surface area contributed by atoms with E-state index < -0.39 is 10.3 Å². The SMILES string of the molecule is CCC(Cl)(Cl)C(=O)OC. The Kier molecular flexibility index (Phi) is 3.30. The summed E-state index contributed by atoms with van der Waals surface area (Å²) in [5, 5.41) is 0. The first-order valence-corrected chi connectivity index (χ1v) is 3.26. The minimum atomic E-state index is -1.37. The van der Waals surface area contributed by atoms with Gasteiger partial charge in [0.05, 0.1) is 7.11 Å². The molecule has 0 aliphatic rings. The lowest BCUT2D eigenvalue weighted by Crippen LogP contribution is -2.25. The number of halogens is 2. The summed E-state index contributed by atoms with van der Waals surface area (Å²) in [5.41, 5.74) is 0. The van der Waals surface area contributed by atoms with Gasteiger partial charge in [-0.15, -0.1) is 0 Å². The molecular formula is C5H8Cl2O2. The summed E-state index contributed by atoms with van der Waals surface area (Å²) in [4.78, 5) is 10.6. The summed E-state index contributed by atoms with van der Waals surface area (Å²) in [6, 6.07) is 0. The highest BCUT2D eigenvalue weighted by atomic mass is 35.5. The van der Waals surface area contributed by atoms with Gasteiger partial charge in [-0.2, -0.15) is 0 Å². The van der Waals surface area contributed by atoms with E-state index in [4.69, 9.17) is 23.2 Å². The van der Waals surface area contributed by atoms with E-state index in [0.29, 0.717) is 6.42 Å². The Hall–Kier alpha value is 0.0500. The van der Waals surface area contributed by atoms with Gasteiger partial charge in [0.2, 0.25) is 4.33 Å². The van der Waals surface area contributed by atoms with Crippen LogP contribution in [0.2, 0.25) is 0 Å². The first-order chi connectivity index (χ1) is 4.04. The standard InChI is InChI=1S/C5H8Cl2O2/c1-3-5(6,7)4(8)9-2/h3H2,1-2H3. The molecule has 9 heavy (non-hydrogen) atoms. The summed E-state index contributed by atoms with van der Waals surface area (Å²) in [7, 11) is 1.25. The molecule has 0 aromatic rings. The molecule has 0 bridgehead atoms. The van der Waals surface area contributed by atoms with Crippen LogP contribution in [-0.4, -0.2) is 17.4 Å². The van der Waals surface area contributed by atoms with E-state index in [1.165, 1.54) is 7.11 Å². The summed E-state index contributed by atoms with van der Waals surface area (Å²) in [6.07, 6.45) is 0.350. The van der Waals surface area contributed by atoms with Crippen LogP contribution < -0.4 is 0 Å². The van der Waals surface area contributed by atoms with Crippen molar-refractivity contribution in [1.82, 2.24) is 0 Å². The van der Waals surface area contributed by atoms with E-state index in [-0.39, 0.29) is 0 Å². The molecule has 0 spiro atoms. The number of methoxy groups -OCH3 is 1. The second kappa shape index (κ2) is 3.28. The molecule has 0 radical (unpaired) electrons. The second-order valence-electron chi connectivity index (χ2n) is 1.55. The van der Waals surface area contributed by atoms with Gasteiger partial charge in [0.25, 0.3) is 0 Å². The number of hydrogen-bond acceptors (Lipinski definition) is 2. The van der Waals surface area contributed by atoms with Crippen molar-refractivity contribution >= 4 is 29.2 Å². The highest BCUT2D eigenvalue weighted by Crippen LogP contribution is 2.25. The molecule has 0 heterocycles. The Morgan fingerprint density at radius 3 is 2.22 bits per heavy atom. The molecule has 0 aromatic carbocycles. The normalized spacial score (nSPS) is 11.1. The van der Waals surface area contributed by atoms with Gasteiger partial charge in [0.1, 0.15) is 0 Å². The Labute approximate surface area is 64.1 Å². The van der Waals surface area contributed by atoms with Gasteiger partial charge in [0, 0.05) is 0 Å². The maximum Gasteiger partial charge on any atom is 0.342 e. The number of carbonyl (C=O) groups is 1. The molecule has 0 aliphatic heterocycles. The Morgan fingerprint density at radius 1 is 1.67 bits per heavy atom. The van der Waals surface area contributed by atoms with Crippen molar-refractivity contribution in [3.63, 3.8) is 0 Å². The lowest BCUT2D eigenvalue weighted by molar-refractivity contribution is -0.141. The summed E-state index contributed by atoms with van der Waals surface area (Å²) < 4.78 is 2.94. The minimum absolute atomic E-state index is 0.350. The summed E-state index contributed by atoms with van der Waals surface area (Å²) in [5.74, 6) is -0.603. The van der Waals surface area contributed by atoms with Gasteiger partial charge in [-0.3, -0.25) is 0 Å². The Bertz CT molecular complexity index is 112. The molecule has 0 saturated carbocycles. The molecule has 0 aliphatic carbocycles. The first kappa shape index (κ1) is 9.05. The van der Waals surface area contributed by atoms with E-state index in [0.717, 1.165) is 0 Å². The van der Waals surface area contributed by atoms with Crippen LogP contribution in [0.1, 0.15) is 13.3 Å². The number of esters is 1. The molecule has 0 aromatic heterocycles. The van der Waals surface area contributed by atoms with Gasteiger partial charge in [-0.05, 0) is 6.42 Å². The molecule has 4 heteroatoms. The molecule has 0 saturated heterocycles. The average molecular weight is 171 g/mol. The van der Waals surface area contributed by atoms with Crippen molar-refractivity contribution in [2.45, 2.75) is 17.7 Å². The van der Waals surface area contributed by atoms with Crippen LogP contribution in [0, 0.1) is 0 Å². The zero-order valence-corrected chi connectivity index (χ0v) is 6.79. The number of alkyl halides is 2. The van der Waals surface area contributed by atoms with Crippen molar-refractivity contribution in [2.24, 2.45) is 0 Å². The van der Waals surface area contributed by atoms with Gasteiger partial charge >= 0.3 is 5.97 Å². The Morgan fingerprint density at radius 2 is 2.11 bits per heavy atom. The molecule has 0 unspecified atom stereocenters. The topological polar surface area (TPSA) is 26.3 Å². The highest BCUT2D eigenvalue weighted by molar-refractivity contribution is 6.57. The maximum atomic E-state index is 10.6. The van der Waals surface area contributed by atoms with Gasteiger partial charge < -0.3 is 4.74 Å². The maximum absolute atomic E-state index is 10.6. The van der Waals surface area contributed by atoms with Crippen molar-refractivity contribution in [1.29, 1.82) is 0 Å². The molecule has 54 valence electrons. The Balaban J connectivity index is 3.97. The first-order valence-electron chi connectivity index (χ1n) is 2.51. The van der Waals surface area contributed by atoms with Gasteiger partial charge in [-0.25, -0.2) is 4.79 Å². The summed E-state index contributed by atoms with van der Waals surface area (Å²) in [6.45, 7) is 1.71. The van der Waals surface area contributed by atoms with E-state index in [1.54, 1.807) is 6.92 Å². The monoisotopic (exact) mass is 170 g/mol. The van der Waals surface area contributed by atoms with Gasteiger partial charge in [-0.1, -0.05) is 30.1 Å². The average Bonchev–Trinajstić information content (AvgIpc) is 1.86. The molecule has 0 amide bonds. The number of ether oxygens (including phenoxy) is 1. The van der Waals surface area contributed by atoms with E-state index in [9.17, 15) is 4.79 Å². The molecule has 2 nitrogen and oxygen atoms in total. The zero-order chi connectivity index (χ0) is 7.49. The molecular weight excluding hydrogens is 163 g/mol. The predicted molar refractivity (Wildman–Crippen MR) is 36.7 cm³/mol. The highest BCUT2D eigenvalue weighted by Gasteiger charge is 2.32. The molecule has 0 fully saturated rings. The van der Waals surface area contributed by atoms with Crippen LogP contribution in [0.25, 0.3) is 0 Å². The summed E-state index contributed by atoms with van der Waals surface area (Å²) >= 11 is 10.9.